The Kier molecular flexibility index (Phi) is 4.38. The second kappa shape index (κ2) is 5.49. The summed E-state index contributed by atoms with van der Waals surface area (Å²) in [7, 11) is -8.20. The van der Waals surface area contributed by atoms with Gasteiger partial charge in [0.25, 0.3) is 5.69 Å². The van der Waals surface area contributed by atoms with Gasteiger partial charge in [0.1, 0.15) is 12.3 Å². The van der Waals surface area contributed by atoms with Crippen molar-refractivity contribution in [3.63, 3.8) is 0 Å². The number of sulfonamides is 1. The van der Waals surface area contributed by atoms with E-state index in [0.29, 0.717) is 6.20 Å². The summed E-state index contributed by atoms with van der Waals surface area (Å²) in [4.78, 5) is 13.0. The van der Waals surface area contributed by atoms with E-state index in [1.54, 1.807) is 0 Å². The summed E-state index contributed by atoms with van der Waals surface area (Å²) >= 11 is 0. The summed E-state index contributed by atoms with van der Waals surface area (Å²) in [5.41, 5.74) is -1.08. The second-order valence-electron chi connectivity index (χ2n) is 3.60. The number of aromatic nitrogens is 1. The van der Waals surface area contributed by atoms with Crippen LogP contribution in [-0.4, -0.2) is 38.2 Å². The number of nitriles is 1. The Morgan fingerprint density at radius 2 is 1.95 bits per heavy atom. The average Bonchev–Trinajstić information content (AvgIpc) is 2.35. The van der Waals surface area contributed by atoms with Crippen molar-refractivity contribution in [1.29, 1.82) is 5.26 Å². The fourth-order valence-electron chi connectivity index (χ4n) is 1.19. The van der Waals surface area contributed by atoms with Gasteiger partial charge in [0.2, 0.25) is 10.0 Å². The molecule has 0 aliphatic heterocycles. The van der Waals surface area contributed by atoms with Gasteiger partial charge in [-0.15, -0.1) is 0 Å². The maximum absolute atomic E-state index is 11.8. The summed E-state index contributed by atoms with van der Waals surface area (Å²) in [6.45, 7) is 0. The smallest absolute Gasteiger partial charge is 0.258 e. The van der Waals surface area contributed by atoms with E-state index < -0.39 is 52.6 Å². The van der Waals surface area contributed by atoms with Gasteiger partial charge >= 0.3 is 0 Å². The van der Waals surface area contributed by atoms with Crippen molar-refractivity contribution >= 4 is 25.5 Å². The van der Waals surface area contributed by atoms with Gasteiger partial charge in [-0.25, -0.2) is 27.0 Å². The first-order chi connectivity index (χ1) is 9.07. The van der Waals surface area contributed by atoms with Crippen molar-refractivity contribution in [1.82, 2.24) is 4.98 Å². The number of nitrogens with zero attached hydrogens (tertiary/aromatic N) is 3. The molecule has 0 aliphatic rings. The monoisotopic (exact) mass is 320 g/mol. The lowest BCUT2D eigenvalue weighted by Gasteiger charge is -2.04. The van der Waals surface area contributed by atoms with E-state index in [1.807, 2.05) is 0 Å². The van der Waals surface area contributed by atoms with E-state index in [-0.39, 0.29) is 0 Å². The van der Waals surface area contributed by atoms with E-state index in [0.717, 1.165) is 6.07 Å². The molecule has 12 heteroatoms. The Labute approximate surface area is 114 Å². The maximum Gasteiger partial charge on any atom is 0.288 e. The lowest BCUT2D eigenvalue weighted by Crippen LogP contribution is -2.24. The van der Waals surface area contributed by atoms with Crippen molar-refractivity contribution in [3.8, 4) is 6.07 Å². The molecule has 0 spiro atoms. The van der Waals surface area contributed by atoms with Gasteiger partial charge in [0.15, 0.2) is 14.9 Å². The first-order valence-electron chi connectivity index (χ1n) is 4.84. The third-order valence-corrected chi connectivity index (χ3v) is 4.79. The van der Waals surface area contributed by atoms with Gasteiger partial charge in [-0.3, -0.25) is 10.1 Å². The fourth-order valence-corrected chi connectivity index (χ4v) is 3.84. The van der Waals surface area contributed by atoms with Crippen molar-refractivity contribution < 1.29 is 21.8 Å². The Morgan fingerprint density at radius 1 is 1.35 bits per heavy atom. The molecular weight excluding hydrogens is 312 g/mol. The molecule has 10 nitrogen and oxygen atoms in total. The zero-order valence-corrected chi connectivity index (χ0v) is 11.4. The van der Waals surface area contributed by atoms with Crippen molar-refractivity contribution in [2.45, 2.75) is 5.03 Å². The van der Waals surface area contributed by atoms with Gasteiger partial charge in [-0.1, -0.05) is 0 Å². The molecule has 0 bridgehead atoms. The zero-order chi connectivity index (χ0) is 15.6. The molecule has 0 unspecified atom stereocenters. The van der Waals surface area contributed by atoms with Crippen LogP contribution in [0, 0.1) is 21.4 Å². The highest BCUT2D eigenvalue weighted by Gasteiger charge is 2.24. The van der Waals surface area contributed by atoms with Crippen LogP contribution in [0.25, 0.3) is 0 Å². The predicted molar refractivity (Wildman–Crippen MR) is 65.6 cm³/mol. The lowest BCUT2D eigenvalue weighted by molar-refractivity contribution is -0.385. The van der Waals surface area contributed by atoms with Crippen molar-refractivity contribution in [3.05, 3.63) is 27.9 Å². The molecular formula is C8H8N4O6S2. The molecule has 108 valence electrons. The topological polar surface area (TPSA) is 174 Å². The van der Waals surface area contributed by atoms with Crippen molar-refractivity contribution in [2.24, 2.45) is 5.14 Å². The van der Waals surface area contributed by atoms with Gasteiger partial charge in [-0.2, -0.15) is 5.26 Å². The molecule has 0 saturated carbocycles. The highest BCUT2D eigenvalue weighted by atomic mass is 32.2. The number of nitrogens with two attached hydrogens (primary N) is 1. The molecule has 2 N–H and O–H groups in total. The Morgan fingerprint density at radius 3 is 2.40 bits per heavy atom. The Bertz CT molecular complexity index is 793. The second-order valence-corrected chi connectivity index (χ2v) is 7.36. The fraction of sp³-hybridized carbons (Fsp3) is 0.250. The van der Waals surface area contributed by atoms with E-state index >= 15 is 0 Å². The van der Waals surface area contributed by atoms with Crippen LogP contribution in [0.1, 0.15) is 5.56 Å². The molecule has 0 aliphatic carbocycles. The van der Waals surface area contributed by atoms with E-state index in [1.165, 1.54) is 6.07 Å². The van der Waals surface area contributed by atoms with Crippen LogP contribution in [0.3, 0.4) is 0 Å². The third kappa shape index (κ3) is 3.95. The molecule has 1 rings (SSSR count). The molecule has 1 aromatic heterocycles. The largest absolute Gasteiger partial charge is 0.288 e. The highest BCUT2D eigenvalue weighted by Crippen LogP contribution is 2.19. The van der Waals surface area contributed by atoms with Crippen LogP contribution in [-0.2, 0) is 19.9 Å². The molecule has 0 aromatic carbocycles. The van der Waals surface area contributed by atoms with Crippen LogP contribution >= 0.6 is 0 Å². The SMILES string of the molecule is N#Cc1cc([N+](=O)[O-])cnc1S(=O)(=O)CCS(N)(=O)=O. The van der Waals surface area contributed by atoms with E-state index in [2.05, 4.69) is 10.1 Å². The molecule has 1 aromatic rings. The minimum atomic E-state index is -4.19. The molecule has 0 saturated heterocycles. The molecule has 0 radical (unpaired) electrons. The summed E-state index contributed by atoms with van der Waals surface area (Å²) in [6.07, 6.45) is 0.671. The summed E-state index contributed by atoms with van der Waals surface area (Å²) in [6, 6.07) is 2.21. The van der Waals surface area contributed by atoms with Gasteiger partial charge in [0, 0.05) is 6.07 Å². The van der Waals surface area contributed by atoms with Crippen LogP contribution in [0.2, 0.25) is 0 Å². The number of hydrogen-bond acceptors (Lipinski definition) is 8. The summed E-state index contributed by atoms with van der Waals surface area (Å²) in [5, 5.41) is 23.3. The lowest BCUT2D eigenvalue weighted by atomic mass is 10.3. The Balaban J connectivity index is 3.26. The van der Waals surface area contributed by atoms with E-state index in [9.17, 15) is 26.9 Å². The first-order valence-corrected chi connectivity index (χ1v) is 8.21. The van der Waals surface area contributed by atoms with Crippen LogP contribution in [0.15, 0.2) is 17.3 Å². The quantitative estimate of drug-likeness (QED) is 0.526. The van der Waals surface area contributed by atoms with Gasteiger partial charge in [0.05, 0.1) is 22.0 Å². The molecule has 0 amide bonds. The highest BCUT2D eigenvalue weighted by molar-refractivity contribution is 7.94. The number of rotatable bonds is 5. The van der Waals surface area contributed by atoms with Crippen molar-refractivity contribution in [2.75, 3.05) is 11.5 Å². The van der Waals surface area contributed by atoms with Gasteiger partial charge in [-0.05, 0) is 0 Å². The zero-order valence-electron chi connectivity index (χ0n) is 9.75. The minimum absolute atomic E-state index is 0.534. The molecule has 20 heavy (non-hydrogen) atoms. The number of sulfone groups is 1. The first kappa shape index (κ1) is 16.0. The normalized spacial score (nSPS) is 11.8. The van der Waals surface area contributed by atoms with E-state index in [4.69, 9.17) is 5.26 Å². The van der Waals surface area contributed by atoms with Crippen LogP contribution < -0.4 is 5.14 Å². The van der Waals surface area contributed by atoms with Gasteiger partial charge < -0.3 is 0 Å². The minimum Gasteiger partial charge on any atom is -0.258 e. The summed E-state index contributed by atoms with van der Waals surface area (Å²) < 4.78 is 45.2. The number of primary sulfonamides is 1. The van der Waals surface area contributed by atoms with Crippen LogP contribution in [0.5, 0.6) is 0 Å². The Hall–Kier alpha value is -2.10. The number of nitro groups is 1. The molecule has 0 atom stereocenters. The standard InChI is InChI=1S/C8H8N4O6S2/c9-4-6-3-7(12(13)14)5-11-8(6)19(15,16)1-2-20(10,17)18/h3,5H,1-2H2,(H2,10,17,18). The number of pyridine rings is 1. The van der Waals surface area contributed by atoms with Crippen LogP contribution in [0.4, 0.5) is 5.69 Å². The average molecular weight is 320 g/mol. The predicted octanol–water partition coefficient (Wildman–Crippen LogP) is -1.08. The molecule has 1 heterocycles. The maximum atomic E-state index is 11.8. The molecule has 0 fully saturated rings. The summed E-state index contributed by atoms with van der Waals surface area (Å²) in [5.74, 6) is -1.72. The number of hydrogen-bond donors (Lipinski definition) is 1. The third-order valence-electron chi connectivity index (χ3n) is 2.10.